The Hall–Kier alpha value is -2.85. The molecule has 4 aromatic rings. The van der Waals surface area contributed by atoms with E-state index in [-0.39, 0.29) is 0 Å². The highest BCUT2D eigenvalue weighted by Crippen LogP contribution is 2.25. The topological polar surface area (TPSA) is 39.9 Å². The number of aromatic nitrogens is 3. The molecule has 0 fully saturated rings. The van der Waals surface area contributed by atoms with Crippen LogP contribution in [-0.4, -0.2) is 14.5 Å². The number of hydrogen-bond donors (Lipinski definition) is 0. The van der Waals surface area contributed by atoms with Crippen molar-refractivity contribution in [1.29, 1.82) is 0 Å². The second-order valence-corrected chi connectivity index (χ2v) is 6.53. The van der Waals surface area contributed by atoms with E-state index in [0.717, 1.165) is 33.9 Å². The fourth-order valence-corrected chi connectivity index (χ4v) is 3.16. The standard InChI is InChI=1S/C21H18ClN3O/c1-15-24-21-20(8-5-11-23-21)25(15)13-17-9-10-18(12-19(17)22)26-14-16-6-3-2-4-7-16/h2-12H,13-14H2,1H3. The molecule has 2 aromatic carbocycles. The largest absolute Gasteiger partial charge is 0.489 e. The maximum Gasteiger partial charge on any atom is 0.177 e. The molecule has 4 nitrogen and oxygen atoms in total. The number of aryl methyl sites for hydroxylation is 1. The van der Waals surface area contributed by atoms with Crippen molar-refractivity contribution in [3.63, 3.8) is 0 Å². The number of fused-ring (bicyclic) bond motifs is 1. The van der Waals surface area contributed by atoms with Crippen LogP contribution in [0, 0.1) is 6.92 Å². The third-order valence-corrected chi connectivity index (χ3v) is 4.67. The van der Waals surface area contributed by atoms with Gasteiger partial charge < -0.3 is 9.30 Å². The first-order valence-electron chi connectivity index (χ1n) is 8.44. The average Bonchev–Trinajstić information content (AvgIpc) is 2.98. The molecule has 0 bridgehead atoms. The van der Waals surface area contributed by atoms with Crippen molar-refractivity contribution < 1.29 is 4.74 Å². The number of hydrogen-bond acceptors (Lipinski definition) is 3. The second-order valence-electron chi connectivity index (χ2n) is 6.12. The van der Waals surface area contributed by atoms with Crippen LogP contribution < -0.4 is 4.74 Å². The lowest BCUT2D eigenvalue weighted by molar-refractivity contribution is 0.306. The smallest absolute Gasteiger partial charge is 0.177 e. The van der Waals surface area contributed by atoms with E-state index in [1.807, 2.05) is 67.6 Å². The van der Waals surface area contributed by atoms with Crippen LogP contribution in [0.25, 0.3) is 11.2 Å². The van der Waals surface area contributed by atoms with E-state index < -0.39 is 0 Å². The van der Waals surface area contributed by atoms with Crippen molar-refractivity contribution in [1.82, 2.24) is 14.5 Å². The Kier molecular flexibility index (Phi) is 4.59. The summed E-state index contributed by atoms with van der Waals surface area (Å²) in [5.41, 5.74) is 3.90. The molecule has 0 saturated carbocycles. The maximum atomic E-state index is 6.50. The van der Waals surface area contributed by atoms with Gasteiger partial charge in [0.25, 0.3) is 0 Å². The molecule has 0 amide bonds. The van der Waals surface area contributed by atoms with Crippen LogP contribution in [-0.2, 0) is 13.2 Å². The van der Waals surface area contributed by atoms with Crippen LogP contribution in [0.2, 0.25) is 5.02 Å². The van der Waals surface area contributed by atoms with E-state index in [1.165, 1.54) is 0 Å². The van der Waals surface area contributed by atoms with Crippen LogP contribution in [0.4, 0.5) is 0 Å². The number of ether oxygens (including phenoxy) is 1. The quantitative estimate of drug-likeness (QED) is 0.499. The minimum absolute atomic E-state index is 0.521. The molecule has 0 N–H and O–H groups in total. The van der Waals surface area contributed by atoms with Gasteiger partial charge in [-0.05, 0) is 42.3 Å². The average molecular weight is 364 g/mol. The van der Waals surface area contributed by atoms with Crippen LogP contribution >= 0.6 is 11.6 Å². The van der Waals surface area contributed by atoms with E-state index in [0.29, 0.717) is 18.2 Å². The van der Waals surface area contributed by atoms with Gasteiger partial charge in [-0.3, -0.25) is 0 Å². The third-order valence-electron chi connectivity index (χ3n) is 4.32. The zero-order valence-corrected chi connectivity index (χ0v) is 15.1. The van der Waals surface area contributed by atoms with E-state index in [2.05, 4.69) is 14.5 Å². The molecule has 5 heteroatoms. The van der Waals surface area contributed by atoms with Crippen molar-refractivity contribution in [2.45, 2.75) is 20.1 Å². The van der Waals surface area contributed by atoms with Crippen LogP contribution in [0.5, 0.6) is 5.75 Å². The van der Waals surface area contributed by atoms with E-state index in [9.17, 15) is 0 Å². The van der Waals surface area contributed by atoms with Crippen molar-refractivity contribution in [2.24, 2.45) is 0 Å². The monoisotopic (exact) mass is 363 g/mol. The summed E-state index contributed by atoms with van der Waals surface area (Å²) in [5, 5.41) is 0.681. The summed E-state index contributed by atoms with van der Waals surface area (Å²) < 4.78 is 7.96. The van der Waals surface area contributed by atoms with Gasteiger partial charge in [0.05, 0.1) is 12.1 Å². The zero-order chi connectivity index (χ0) is 17.9. The first-order chi connectivity index (χ1) is 12.7. The lowest BCUT2D eigenvalue weighted by Crippen LogP contribution is -2.03. The highest BCUT2D eigenvalue weighted by atomic mass is 35.5. The molecule has 26 heavy (non-hydrogen) atoms. The summed E-state index contributed by atoms with van der Waals surface area (Å²) in [7, 11) is 0. The number of pyridine rings is 1. The molecule has 0 aliphatic heterocycles. The van der Waals surface area contributed by atoms with Crippen LogP contribution in [0.3, 0.4) is 0 Å². The summed E-state index contributed by atoms with van der Waals surface area (Å²) in [4.78, 5) is 8.81. The predicted octanol–water partition coefficient (Wildman–Crippen LogP) is 5.02. The minimum atomic E-state index is 0.521. The molecule has 2 heterocycles. The Morgan fingerprint density at radius 3 is 2.69 bits per heavy atom. The van der Waals surface area contributed by atoms with E-state index >= 15 is 0 Å². The Morgan fingerprint density at radius 2 is 1.88 bits per heavy atom. The molecular formula is C21H18ClN3O. The normalized spacial score (nSPS) is 11.0. The number of nitrogens with zero attached hydrogens (tertiary/aromatic N) is 3. The first-order valence-corrected chi connectivity index (χ1v) is 8.81. The van der Waals surface area contributed by atoms with Crippen molar-refractivity contribution in [3.05, 3.63) is 88.8 Å². The SMILES string of the molecule is Cc1nc2ncccc2n1Cc1ccc(OCc2ccccc2)cc1Cl. The molecule has 2 aromatic heterocycles. The van der Waals surface area contributed by atoms with Gasteiger partial charge in [-0.15, -0.1) is 0 Å². The van der Waals surface area contributed by atoms with Crippen LogP contribution in [0.15, 0.2) is 66.9 Å². The predicted molar refractivity (Wildman–Crippen MR) is 104 cm³/mol. The molecule has 4 rings (SSSR count). The molecule has 130 valence electrons. The summed E-state index contributed by atoms with van der Waals surface area (Å²) in [6.45, 7) is 3.15. The van der Waals surface area contributed by atoms with Crippen LogP contribution in [0.1, 0.15) is 17.0 Å². The van der Waals surface area contributed by atoms with Gasteiger partial charge in [0.2, 0.25) is 0 Å². The first kappa shape index (κ1) is 16.6. The van der Waals surface area contributed by atoms with Gasteiger partial charge >= 0.3 is 0 Å². The highest BCUT2D eigenvalue weighted by Gasteiger charge is 2.10. The maximum absolute atomic E-state index is 6.50. The molecular weight excluding hydrogens is 346 g/mol. The van der Waals surface area contributed by atoms with Gasteiger partial charge in [-0.2, -0.15) is 0 Å². The second kappa shape index (κ2) is 7.18. The lowest BCUT2D eigenvalue weighted by atomic mass is 10.2. The van der Waals surface area contributed by atoms with Gasteiger partial charge in [-0.1, -0.05) is 48.0 Å². The molecule has 0 atom stereocenters. The molecule has 0 unspecified atom stereocenters. The number of halogens is 1. The summed E-state index contributed by atoms with van der Waals surface area (Å²) in [6, 6.07) is 19.8. The Balaban J connectivity index is 1.53. The van der Waals surface area contributed by atoms with Gasteiger partial charge in [-0.25, -0.2) is 9.97 Å². The minimum Gasteiger partial charge on any atom is -0.489 e. The molecule has 0 radical (unpaired) electrons. The van der Waals surface area contributed by atoms with Crippen molar-refractivity contribution in [3.8, 4) is 5.75 Å². The van der Waals surface area contributed by atoms with Crippen molar-refractivity contribution in [2.75, 3.05) is 0 Å². The Labute approximate surface area is 157 Å². The number of imidazole rings is 1. The number of benzene rings is 2. The highest BCUT2D eigenvalue weighted by molar-refractivity contribution is 6.31. The van der Waals surface area contributed by atoms with Gasteiger partial charge in [0, 0.05) is 11.2 Å². The summed E-state index contributed by atoms with van der Waals surface area (Å²) in [6.07, 6.45) is 1.75. The van der Waals surface area contributed by atoms with Gasteiger partial charge in [0.15, 0.2) is 5.65 Å². The molecule has 0 aliphatic rings. The molecule has 0 aliphatic carbocycles. The fraction of sp³-hybridized carbons (Fsp3) is 0.143. The Bertz CT molecular complexity index is 1040. The zero-order valence-electron chi connectivity index (χ0n) is 14.4. The fourth-order valence-electron chi connectivity index (χ4n) is 2.93. The van der Waals surface area contributed by atoms with E-state index in [4.69, 9.17) is 16.3 Å². The summed E-state index contributed by atoms with van der Waals surface area (Å²) >= 11 is 6.50. The van der Waals surface area contributed by atoms with E-state index in [1.54, 1.807) is 6.20 Å². The Morgan fingerprint density at radius 1 is 1.04 bits per heavy atom. The van der Waals surface area contributed by atoms with Gasteiger partial charge in [0.1, 0.15) is 18.2 Å². The van der Waals surface area contributed by atoms with Crippen molar-refractivity contribution >= 4 is 22.8 Å². The third kappa shape index (κ3) is 3.41. The molecule has 0 spiro atoms. The molecule has 0 saturated heterocycles. The number of rotatable bonds is 5. The lowest BCUT2D eigenvalue weighted by Gasteiger charge is -2.11. The summed E-state index contributed by atoms with van der Waals surface area (Å²) in [5.74, 6) is 1.68.